The Hall–Kier alpha value is -1.90. The summed E-state index contributed by atoms with van der Waals surface area (Å²) >= 11 is 0. The number of aliphatic imine (C=N–C) groups is 1. The van der Waals surface area contributed by atoms with Gasteiger partial charge in [0, 0.05) is 59.2 Å². The fourth-order valence-electron chi connectivity index (χ4n) is 4.00. The molecular formula is C23H39N5O3. The molecular weight excluding hydrogens is 394 g/mol. The Bertz CT molecular complexity index is 662. The molecule has 2 saturated heterocycles. The number of aromatic nitrogens is 1. The van der Waals surface area contributed by atoms with E-state index >= 15 is 0 Å². The molecule has 0 bridgehead atoms. The first-order valence-electron chi connectivity index (χ1n) is 11.6. The average Bonchev–Trinajstić information content (AvgIpc) is 2.80. The SMILES string of the molecule is CCNC(=NCc1ccc(N2CCOC(C)C2)nc1)N1CCC(OCCCOC)CC1. The minimum absolute atomic E-state index is 0.252. The lowest BCUT2D eigenvalue weighted by atomic mass is 10.1. The zero-order valence-corrected chi connectivity index (χ0v) is 19.4. The third-order valence-electron chi connectivity index (χ3n) is 5.71. The molecule has 2 aliphatic rings. The van der Waals surface area contributed by atoms with Crippen LogP contribution in [0.25, 0.3) is 0 Å². The predicted octanol–water partition coefficient (Wildman–Crippen LogP) is 2.29. The molecule has 0 spiro atoms. The van der Waals surface area contributed by atoms with Gasteiger partial charge in [-0.3, -0.25) is 0 Å². The van der Waals surface area contributed by atoms with Gasteiger partial charge in [0.25, 0.3) is 0 Å². The monoisotopic (exact) mass is 433 g/mol. The van der Waals surface area contributed by atoms with Crippen LogP contribution in [0.2, 0.25) is 0 Å². The van der Waals surface area contributed by atoms with E-state index in [1.807, 2.05) is 6.20 Å². The Morgan fingerprint density at radius 2 is 2.10 bits per heavy atom. The molecule has 174 valence electrons. The quantitative estimate of drug-likeness (QED) is 0.364. The van der Waals surface area contributed by atoms with Crippen molar-refractivity contribution in [3.05, 3.63) is 23.9 Å². The fourth-order valence-corrected chi connectivity index (χ4v) is 4.00. The van der Waals surface area contributed by atoms with E-state index in [1.165, 1.54) is 0 Å². The molecule has 1 aromatic rings. The van der Waals surface area contributed by atoms with Gasteiger partial charge < -0.3 is 29.3 Å². The van der Waals surface area contributed by atoms with Crippen molar-refractivity contribution < 1.29 is 14.2 Å². The minimum Gasteiger partial charge on any atom is -0.385 e. The highest BCUT2D eigenvalue weighted by atomic mass is 16.5. The lowest BCUT2D eigenvalue weighted by molar-refractivity contribution is 0.00990. The third-order valence-corrected chi connectivity index (χ3v) is 5.71. The zero-order valence-electron chi connectivity index (χ0n) is 19.4. The molecule has 1 aromatic heterocycles. The van der Waals surface area contributed by atoms with E-state index in [-0.39, 0.29) is 6.10 Å². The molecule has 3 rings (SSSR count). The number of methoxy groups -OCH3 is 1. The van der Waals surface area contributed by atoms with Gasteiger partial charge in [-0.1, -0.05) is 6.07 Å². The summed E-state index contributed by atoms with van der Waals surface area (Å²) in [6.07, 6.45) is 5.57. The first-order chi connectivity index (χ1) is 15.2. The van der Waals surface area contributed by atoms with E-state index < -0.39 is 0 Å². The summed E-state index contributed by atoms with van der Waals surface area (Å²) in [5, 5.41) is 3.44. The van der Waals surface area contributed by atoms with Gasteiger partial charge in [0.05, 0.1) is 25.4 Å². The molecule has 0 amide bonds. The van der Waals surface area contributed by atoms with Crippen LogP contribution in [-0.4, -0.2) is 87.7 Å². The molecule has 1 unspecified atom stereocenters. The van der Waals surface area contributed by atoms with Crippen LogP contribution in [0.1, 0.15) is 38.7 Å². The summed E-state index contributed by atoms with van der Waals surface area (Å²) in [5.74, 6) is 1.99. The molecule has 8 heteroatoms. The Kier molecular flexibility index (Phi) is 9.84. The van der Waals surface area contributed by atoms with Crippen molar-refractivity contribution in [3.63, 3.8) is 0 Å². The number of rotatable bonds is 9. The fraction of sp³-hybridized carbons (Fsp3) is 0.739. The Balaban J connectivity index is 1.49. The standard InChI is InChI=1S/C23H39N5O3/c1-4-24-23(27-10-8-21(9-11-27)31-14-5-13-29-3)26-17-20-6-7-22(25-16-20)28-12-15-30-19(2)18-28/h6-7,16,19,21H,4-5,8-15,17-18H2,1-3H3,(H,24,26). The lowest BCUT2D eigenvalue weighted by Crippen LogP contribution is -2.47. The number of nitrogens with zero attached hydrogens (tertiary/aromatic N) is 4. The summed E-state index contributed by atoms with van der Waals surface area (Å²) in [4.78, 5) is 14.2. The predicted molar refractivity (Wildman–Crippen MR) is 124 cm³/mol. The van der Waals surface area contributed by atoms with E-state index in [0.29, 0.717) is 12.6 Å². The van der Waals surface area contributed by atoms with Crippen molar-refractivity contribution in [2.45, 2.75) is 51.9 Å². The van der Waals surface area contributed by atoms with Crippen molar-refractivity contribution in [1.82, 2.24) is 15.2 Å². The summed E-state index contributed by atoms with van der Waals surface area (Å²) in [6.45, 7) is 11.7. The topological polar surface area (TPSA) is 71.5 Å². The van der Waals surface area contributed by atoms with Crippen LogP contribution in [0.4, 0.5) is 5.82 Å². The minimum atomic E-state index is 0.252. The van der Waals surface area contributed by atoms with Crippen molar-refractivity contribution in [3.8, 4) is 0 Å². The number of piperidine rings is 1. The van der Waals surface area contributed by atoms with Crippen LogP contribution in [-0.2, 0) is 20.8 Å². The number of hydrogen-bond acceptors (Lipinski definition) is 6. The zero-order chi connectivity index (χ0) is 21.9. The molecule has 0 aliphatic carbocycles. The molecule has 1 atom stereocenters. The maximum atomic E-state index is 5.98. The van der Waals surface area contributed by atoms with Gasteiger partial charge in [-0.25, -0.2) is 9.98 Å². The number of anilines is 1. The molecule has 1 N–H and O–H groups in total. The van der Waals surface area contributed by atoms with Crippen molar-refractivity contribution in [2.24, 2.45) is 4.99 Å². The van der Waals surface area contributed by atoms with Gasteiger partial charge >= 0.3 is 0 Å². The van der Waals surface area contributed by atoms with E-state index in [2.05, 4.69) is 46.1 Å². The molecule has 3 heterocycles. The van der Waals surface area contributed by atoms with Gasteiger partial charge in [-0.05, 0) is 44.7 Å². The number of pyridine rings is 1. The van der Waals surface area contributed by atoms with E-state index in [0.717, 1.165) is 89.1 Å². The van der Waals surface area contributed by atoms with Gasteiger partial charge in [0.2, 0.25) is 0 Å². The molecule has 31 heavy (non-hydrogen) atoms. The summed E-state index contributed by atoms with van der Waals surface area (Å²) in [7, 11) is 1.73. The second kappa shape index (κ2) is 12.8. The van der Waals surface area contributed by atoms with Gasteiger partial charge in [0.15, 0.2) is 5.96 Å². The molecule has 2 aliphatic heterocycles. The van der Waals surface area contributed by atoms with Crippen LogP contribution in [0, 0.1) is 0 Å². The van der Waals surface area contributed by atoms with Crippen molar-refractivity contribution in [1.29, 1.82) is 0 Å². The number of ether oxygens (including phenoxy) is 3. The van der Waals surface area contributed by atoms with Crippen molar-refractivity contribution >= 4 is 11.8 Å². The smallest absolute Gasteiger partial charge is 0.194 e. The van der Waals surface area contributed by atoms with E-state index in [9.17, 15) is 0 Å². The first-order valence-corrected chi connectivity index (χ1v) is 11.6. The Labute approximate surface area is 187 Å². The van der Waals surface area contributed by atoms with Crippen molar-refractivity contribution in [2.75, 3.05) is 64.6 Å². The maximum absolute atomic E-state index is 5.98. The number of likely N-dealkylation sites (tertiary alicyclic amines) is 1. The van der Waals surface area contributed by atoms with Gasteiger partial charge in [-0.15, -0.1) is 0 Å². The Morgan fingerprint density at radius 1 is 1.26 bits per heavy atom. The van der Waals surface area contributed by atoms with Crippen LogP contribution in [0.5, 0.6) is 0 Å². The average molecular weight is 434 g/mol. The van der Waals surface area contributed by atoms with Gasteiger partial charge in [0.1, 0.15) is 5.82 Å². The highest BCUT2D eigenvalue weighted by Gasteiger charge is 2.22. The number of morpholine rings is 1. The number of hydrogen-bond donors (Lipinski definition) is 1. The van der Waals surface area contributed by atoms with E-state index in [4.69, 9.17) is 19.2 Å². The first kappa shape index (κ1) is 23.8. The Morgan fingerprint density at radius 3 is 2.77 bits per heavy atom. The molecule has 0 radical (unpaired) electrons. The lowest BCUT2D eigenvalue weighted by Gasteiger charge is -2.34. The highest BCUT2D eigenvalue weighted by Crippen LogP contribution is 2.17. The largest absolute Gasteiger partial charge is 0.385 e. The normalized spacial score (nSPS) is 20.9. The highest BCUT2D eigenvalue weighted by molar-refractivity contribution is 5.80. The summed E-state index contributed by atoms with van der Waals surface area (Å²) < 4.78 is 16.7. The van der Waals surface area contributed by atoms with Crippen LogP contribution < -0.4 is 10.2 Å². The third kappa shape index (κ3) is 7.63. The van der Waals surface area contributed by atoms with Gasteiger partial charge in [-0.2, -0.15) is 0 Å². The second-order valence-electron chi connectivity index (χ2n) is 8.23. The summed E-state index contributed by atoms with van der Waals surface area (Å²) in [5.41, 5.74) is 1.12. The number of nitrogens with one attached hydrogen (secondary N) is 1. The molecule has 2 fully saturated rings. The van der Waals surface area contributed by atoms with E-state index in [1.54, 1.807) is 7.11 Å². The molecule has 0 saturated carbocycles. The summed E-state index contributed by atoms with van der Waals surface area (Å²) in [6, 6.07) is 4.23. The molecule has 0 aromatic carbocycles. The van der Waals surface area contributed by atoms with Crippen LogP contribution in [0.3, 0.4) is 0 Å². The van der Waals surface area contributed by atoms with Crippen LogP contribution in [0.15, 0.2) is 23.3 Å². The second-order valence-corrected chi connectivity index (χ2v) is 8.23. The maximum Gasteiger partial charge on any atom is 0.194 e. The van der Waals surface area contributed by atoms with Crippen LogP contribution >= 0.6 is 0 Å². The number of guanidine groups is 1. The molecule has 8 nitrogen and oxygen atoms in total.